The van der Waals surface area contributed by atoms with E-state index < -0.39 is 0 Å². The molecule has 27 heavy (non-hydrogen) atoms. The highest BCUT2D eigenvalue weighted by atomic mass is 16.5. The monoisotopic (exact) mass is 364 g/mol. The van der Waals surface area contributed by atoms with Crippen LogP contribution in [-0.4, -0.2) is 23.9 Å². The second kappa shape index (κ2) is 5.98. The van der Waals surface area contributed by atoms with Crippen LogP contribution in [0.15, 0.2) is 30.3 Å². The van der Waals surface area contributed by atoms with E-state index >= 15 is 0 Å². The molecular weight excluding hydrogens is 340 g/mol. The molecule has 0 radical (unpaired) electrons. The topological polar surface area (TPSA) is 62.4 Å². The van der Waals surface area contributed by atoms with Crippen LogP contribution in [0.2, 0.25) is 0 Å². The second-order valence-electron chi connectivity index (χ2n) is 8.09. The largest absolute Gasteiger partial charge is 0.497 e. The Morgan fingerprint density at radius 2 is 1.81 bits per heavy atom. The van der Waals surface area contributed by atoms with Gasteiger partial charge in [-0.05, 0) is 61.6 Å². The zero-order chi connectivity index (χ0) is 18.7. The first kappa shape index (κ1) is 16.6. The van der Waals surface area contributed by atoms with Gasteiger partial charge in [-0.3, -0.25) is 9.59 Å². The number of aromatic nitrogens is 1. The third kappa shape index (κ3) is 2.30. The molecule has 2 fully saturated rings. The van der Waals surface area contributed by atoms with Crippen molar-refractivity contribution in [1.29, 1.82) is 0 Å². The maximum Gasteiger partial charge on any atom is 0.242 e. The van der Waals surface area contributed by atoms with Gasteiger partial charge < -0.3 is 9.72 Å². The number of imide groups is 1. The van der Waals surface area contributed by atoms with E-state index in [2.05, 4.69) is 11.1 Å². The summed E-state index contributed by atoms with van der Waals surface area (Å²) in [7, 11) is 1.61. The van der Waals surface area contributed by atoms with Gasteiger partial charge in [0.1, 0.15) is 5.75 Å². The maximum absolute atomic E-state index is 13.4. The van der Waals surface area contributed by atoms with Crippen molar-refractivity contribution in [2.75, 3.05) is 12.0 Å². The molecule has 2 heterocycles. The van der Waals surface area contributed by atoms with Crippen LogP contribution in [0.5, 0.6) is 5.75 Å². The van der Waals surface area contributed by atoms with Crippen LogP contribution in [-0.2, 0) is 9.59 Å². The molecule has 5 rings (SSSR count). The lowest BCUT2D eigenvalue weighted by molar-refractivity contribution is -0.123. The van der Waals surface area contributed by atoms with Gasteiger partial charge in [0.05, 0.1) is 24.6 Å². The Morgan fingerprint density at radius 1 is 1.07 bits per heavy atom. The minimum atomic E-state index is -0.348. The molecule has 2 aromatic rings. The van der Waals surface area contributed by atoms with Crippen molar-refractivity contribution in [2.24, 2.45) is 11.8 Å². The number of benzene rings is 1. The molecule has 1 aromatic carbocycles. The predicted molar refractivity (Wildman–Crippen MR) is 102 cm³/mol. The van der Waals surface area contributed by atoms with Crippen LogP contribution in [0.1, 0.15) is 54.5 Å². The molecule has 2 amide bonds. The number of ether oxygens (including phenoxy) is 1. The van der Waals surface area contributed by atoms with E-state index in [1.165, 1.54) is 17.0 Å². The summed E-state index contributed by atoms with van der Waals surface area (Å²) in [6, 6.07) is 9.28. The standard InChI is InChI=1S/C22H24N2O3/c1-12-11-17-19-18(15-5-3-4-6-16(15)20(17)23-12)21(25)24(22(19)26)13-7-9-14(27-2)10-8-13/h7-11,15-16,18-19,23H,3-6H2,1-2H3/t15-,16+,18-,19+/m0/s1. The number of aryl methyl sites for hydroxylation is 1. The first-order valence-corrected chi connectivity index (χ1v) is 9.81. The number of anilines is 1. The number of nitrogens with zero attached hydrogens (tertiary/aromatic N) is 1. The number of hydrogen-bond donors (Lipinski definition) is 1. The molecule has 140 valence electrons. The second-order valence-corrected chi connectivity index (χ2v) is 8.09. The van der Waals surface area contributed by atoms with Crippen LogP contribution in [0.3, 0.4) is 0 Å². The molecule has 0 spiro atoms. The number of carbonyl (C=O) groups excluding carboxylic acids is 2. The van der Waals surface area contributed by atoms with E-state index in [-0.39, 0.29) is 29.6 Å². The SMILES string of the molecule is COc1ccc(N2C(=O)[C@H]3[C@H]4CCCC[C@H]4c4[nH]c(C)cc4[C@H]3C2=O)cc1. The number of carbonyl (C=O) groups is 2. The number of fused-ring (bicyclic) bond motifs is 6. The number of amides is 2. The third-order valence-corrected chi connectivity index (χ3v) is 6.68. The zero-order valence-electron chi connectivity index (χ0n) is 15.7. The van der Waals surface area contributed by atoms with Gasteiger partial charge in [0, 0.05) is 17.3 Å². The van der Waals surface area contributed by atoms with Crippen molar-refractivity contribution in [2.45, 2.75) is 44.4 Å². The molecule has 0 bridgehead atoms. The van der Waals surface area contributed by atoms with Gasteiger partial charge in [0.2, 0.25) is 11.8 Å². The fourth-order valence-electron chi connectivity index (χ4n) is 5.58. The lowest BCUT2D eigenvalue weighted by Gasteiger charge is -2.40. The lowest BCUT2D eigenvalue weighted by Crippen LogP contribution is -2.37. The van der Waals surface area contributed by atoms with Gasteiger partial charge >= 0.3 is 0 Å². The maximum atomic E-state index is 13.4. The summed E-state index contributed by atoms with van der Waals surface area (Å²) in [5.41, 5.74) is 3.97. The highest BCUT2D eigenvalue weighted by molar-refractivity contribution is 6.24. The fraction of sp³-hybridized carbons (Fsp3) is 0.455. The number of aromatic amines is 1. The van der Waals surface area contributed by atoms with Crippen molar-refractivity contribution in [3.63, 3.8) is 0 Å². The molecule has 5 heteroatoms. The lowest BCUT2D eigenvalue weighted by atomic mass is 9.62. The molecule has 1 saturated heterocycles. The summed E-state index contributed by atoms with van der Waals surface area (Å²) in [5.74, 6) is 0.652. The summed E-state index contributed by atoms with van der Waals surface area (Å²) in [4.78, 5) is 31.8. The van der Waals surface area contributed by atoms with Crippen LogP contribution in [0.4, 0.5) is 5.69 Å². The number of nitrogens with one attached hydrogen (secondary N) is 1. The third-order valence-electron chi connectivity index (χ3n) is 6.68. The summed E-state index contributed by atoms with van der Waals surface area (Å²) in [6.07, 6.45) is 4.47. The normalized spacial score (nSPS) is 29.3. The molecule has 1 N–H and O–H groups in total. The number of methoxy groups -OCH3 is 1. The summed E-state index contributed by atoms with van der Waals surface area (Å²) >= 11 is 0. The van der Waals surface area contributed by atoms with Gasteiger partial charge in [-0.15, -0.1) is 0 Å². The van der Waals surface area contributed by atoms with Gasteiger partial charge in [0.15, 0.2) is 0 Å². The Kier molecular flexibility index (Phi) is 3.67. The smallest absolute Gasteiger partial charge is 0.242 e. The first-order chi connectivity index (χ1) is 13.1. The fourth-order valence-corrected chi connectivity index (χ4v) is 5.58. The van der Waals surface area contributed by atoms with Crippen molar-refractivity contribution in [1.82, 2.24) is 4.98 Å². The first-order valence-electron chi connectivity index (χ1n) is 9.81. The highest BCUT2D eigenvalue weighted by Gasteiger charge is 2.57. The summed E-state index contributed by atoms with van der Waals surface area (Å²) < 4.78 is 5.21. The van der Waals surface area contributed by atoms with E-state index in [4.69, 9.17) is 4.74 Å². The van der Waals surface area contributed by atoms with Crippen molar-refractivity contribution in [3.05, 3.63) is 47.3 Å². The van der Waals surface area contributed by atoms with E-state index in [1.807, 2.05) is 6.92 Å². The molecule has 4 atom stereocenters. The van der Waals surface area contributed by atoms with Crippen LogP contribution in [0, 0.1) is 18.8 Å². The van der Waals surface area contributed by atoms with E-state index in [0.717, 1.165) is 30.5 Å². The average Bonchev–Trinajstić information content (AvgIpc) is 3.19. The molecule has 0 unspecified atom stereocenters. The zero-order valence-corrected chi connectivity index (χ0v) is 15.7. The van der Waals surface area contributed by atoms with Crippen LogP contribution >= 0.6 is 0 Å². The Balaban J connectivity index is 1.61. The Bertz CT molecular complexity index is 914. The van der Waals surface area contributed by atoms with Crippen molar-refractivity contribution < 1.29 is 14.3 Å². The number of hydrogen-bond acceptors (Lipinski definition) is 3. The van der Waals surface area contributed by atoms with Crippen LogP contribution < -0.4 is 9.64 Å². The predicted octanol–water partition coefficient (Wildman–Crippen LogP) is 3.89. The molecule has 2 aliphatic carbocycles. The Hall–Kier alpha value is -2.56. The number of H-pyrrole nitrogens is 1. The van der Waals surface area contributed by atoms with E-state index in [1.54, 1.807) is 31.4 Å². The van der Waals surface area contributed by atoms with E-state index in [0.29, 0.717) is 17.4 Å². The highest BCUT2D eigenvalue weighted by Crippen LogP contribution is 2.56. The van der Waals surface area contributed by atoms with E-state index in [9.17, 15) is 9.59 Å². The van der Waals surface area contributed by atoms with Crippen molar-refractivity contribution in [3.8, 4) is 5.75 Å². The summed E-state index contributed by atoms with van der Waals surface area (Å²) in [5, 5.41) is 0. The molecule has 3 aliphatic rings. The quantitative estimate of drug-likeness (QED) is 0.822. The minimum Gasteiger partial charge on any atom is -0.497 e. The van der Waals surface area contributed by atoms with Gasteiger partial charge in [-0.25, -0.2) is 4.90 Å². The molecule has 1 aromatic heterocycles. The Labute approximate surface area is 158 Å². The number of rotatable bonds is 2. The molecule has 5 nitrogen and oxygen atoms in total. The molecular formula is C22H24N2O3. The average molecular weight is 364 g/mol. The van der Waals surface area contributed by atoms with Gasteiger partial charge in [-0.1, -0.05) is 12.8 Å². The Morgan fingerprint density at radius 3 is 2.56 bits per heavy atom. The van der Waals surface area contributed by atoms with Gasteiger partial charge in [-0.2, -0.15) is 0 Å². The minimum absolute atomic E-state index is 0.0310. The van der Waals surface area contributed by atoms with Crippen molar-refractivity contribution >= 4 is 17.5 Å². The van der Waals surface area contributed by atoms with Gasteiger partial charge in [0.25, 0.3) is 0 Å². The molecule has 1 saturated carbocycles. The summed E-state index contributed by atoms with van der Waals surface area (Å²) in [6.45, 7) is 2.04. The van der Waals surface area contributed by atoms with Crippen LogP contribution in [0.25, 0.3) is 0 Å². The molecule has 1 aliphatic heterocycles.